The number of nitrogens with zero attached hydrogens (tertiary/aromatic N) is 1. The van der Waals surface area contributed by atoms with Crippen LogP contribution in [0, 0.1) is 6.92 Å². The second-order valence-corrected chi connectivity index (χ2v) is 5.58. The highest BCUT2D eigenvalue weighted by molar-refractivity contribution is 5.85. The quantitative estimate of drug-likeness (QED) is 0.628. The molecular formula is C15H22N4O2. The van der Waals surface area contributed by atoms with Crippen molar-refractivity contribution in [1.29, 1.82) is 0 Å². The van der Waals surface area contributed by atoms with Crippen molar-refractivity contribution in [2.75, 3.05) is 18.0 Å². The van der Waals surface area contributed by atoms with Crippen LogP contribution in [0.2, 0.25) is 0 Å². The fourth-order valence-corrected chi connectivity index (χ4v) is 2.31. The molecule has 0 unspecified atom stereocenters. The van der Waals surface area contributed by atoms with Gasteiger partial charge in [-0.1, -0.05) is 17.7 Å². The summed E-state index contributed by atoms with van der Waals surface area (Å²) in [6, 6.07) is 6.49. The van der Waals surface area contributed by atoms with Crippen LogP contribution in [0.1, 0.15) is 24.0 Å². The Balaban J connectivity index is 2.22. The third-order valence-corrected chi connectivity index (χ3v) is 3.43. The average molecular weight is 290 g/mol. The molecule has 0 radical (unpaired) electrons. The molecule has 1 aromatic carbocycles. The summed E-state index contributed by atoms with van der Waals surface area (Å²) in [7, 11) is 0. The molecule has 0 heterocycles. The maximum Gasteiger partial charge on any atom is 0.236 e. The fourth-order valence-electron chi connectivity index (χ4n) is 2.31. The molecule has 5 N–H and O–H groups in total. The van der Waals surface area contributed by atoms with E-state index in [1.165, 1.54) is 12.8 Å². The molecule has 114 valence electrons. The van der Waals surface area contributed by atoms with Crippen molar-refractivity contribution in [3.63, 3.8) is 0 Å². The van der Waals surface area contributed by atoms with Gasteiger partial charge < -0.3 is 21.7 Å². The van der Waals surface area contributed by atoms with Crippen LogP contribution >= 0.6 is 0 Å². The molecule has 0 bridgehead atoms. The van der Waals surface area contributed by atoms with Crippen molar-refractivity contribution >= 4 is 17.5 Å². The minimum absolute atomic E-state index is 0.0254. The first kappa shape index (κ1) is 15.3. The monoisotopic (exact) mass is 290 g/mol. The number of carbonyl (C=O) groups is 2. The molecule has 0 saturated heterocycles. The highest BCUT2D eigenvalue weighted by Crippen LogP contribution is 2.24. The van der Waals surface area contributed by atoms with Gasteiger partial charge in [0.1, 0.15) is 0 Å². The van der Waals surface area contributed by atoms with Crippen LogP contribution in [-0.4, -0.2) is 30.9 Å². The lowest BCUT2D eigenvalue weighted by atomic mass is 10.1. The maximum atomic E-state index is 11.2. The molecule has 0 atom stereocenters. The van der Waals surface area contributed by atoms with Gasteiger partial charge in [-0.2, -0.15) is 0 Å². The van der Waals surface area contributed by atoms with E-state index in [0.29, 0.717) is 12.6 Å². The molecule has 6 nitrogen and oxygen atoms in total. The number of anilines is 1. The minimum atomic E-state index is -0.488. The summed E-state index contributed by atoms with van der Waals surface area (Å²) in [6.45, 7) is 2.66. The van der Waals surface area contributed by atoms with Crippen molar-refractivity contribution in [3.05, 3.63) is 29.3 Å². The lowest BCUT2D eigenvalue weighted by molar-refractivity contribution is -0.117. The Kier molecular flexibility index (Phi) is 4.80. The number of hydrogen-bond acceptors (Lipinski definition) is 4. The molecule has 21 heavy (non-hydrogen) atoms. The second kappa shape index (κ2) is 6.58. The number of carbonyl (C=O) groups excluding carboxylic acids is 2. The van der Waals surface area contributed by atoms with Gasteiger partial charge in [0.15, 0.2) is 0 Å². The van der Waals surface area contributed by atoms with E-state index in [9.17, 15) is 9.59 Å². The van der Waals surface area contributed by atoms with Crippen LogP contribution in [0.25, 0.3) is 0 Å². The van der Waals surface area contributed by atoms with E-state index < -0.39 is 11.8 Å². The first-order chi connectivity index (χ1) is 9.95. The van der Waals surface area contributed by atoms with Crippen molar-refractivity contribution < 1.29 is 9.59 Å². The normalized spacial score (nSPS) is 14.0. The number of amides is 2. The number of aryl methyl sites for hydroxylation is 1. The van der Waals surface area contributed by atoms with E-state index in [-0.39, 0.29) is 13.1 Å². The summed E-state index contributed by atoms with van der Waals surface area (Å²) in [4.78, 5) is 24.1. The predicted molar refractivity (Wildman–Crippen MR) is 81.6 cm³/mol. The summed E-state index contributed by atoms with van der Waals surface area (Å²) >= 11 is 0. The first-order valence-corrected chi connectivity index (χ1v) is 7.10. The molecule has 2 rings (SSSR count). The van der Waals surface area contributed by atoms with Gasteiger partial charge >= 0.3 is 0 Å². The number of rotatable bonds is 8. The molecule has 1 aliphatic rings. The van der Waals surface area contributed by atoms with E-state index in [2.05, 4.69) is 11.4 Å². The highest BCUT2D eigenvalue weighted by atomic mass is 16.2. The van der Waals surface area contributed by atoms with E-state index in [1.54, 1.807) is 4.90 Å². The Morgan fingerprint density at radius 3 is 2.38 bits per heavy atom. The predicted octanol–water partition coefficient (Wildman–Crippen LogP) is 0.0240. The average Bonchev–Trinajstić information content (AvgIpc) is 3.18. The zero-order chi connectivity index (χ0) is 15.4. The topological polar surface area (TPSA) is 101 Å². The van der Waals surface area contributed by atoms with Crippen molar-refractivity contribution in [2.24, 2.45) is 11.5 Å². The molecule has 0 aromatic heterocycles. The Labute approximate surface area is 124 Å². The molecule has 6 heteroatoms. The smallest absolute Gasteiger partial charge is 0.236 e. The molecule has 0 aliphatic heterocycles. The van der Waals surface area contributed by atoms with Gasteiger partial charge in [-0.15, -0.1) is 0 Å². The largest absolute Gasteiger partial charge is 0.368 e. The summed E-state index contributed by atoms with van der Waals surface area (Å²) in [5.41, 5.74) is 13.5. The van der Waals surface area contributed by atoms with Gasteiger partial charge in [0.25, 0.3) is 0 Å². The molecule has 1 saturated carbocycles. The first-order valence-electron chi connectivity index (χ1n) is 7.10. The number of nitrogens with two attached hydrogens (primary N) is 2. The van der Waals surface area contributed by atoms with Crippen molar-refractivity contribution in [2.45, 2.75) is 32.4 Å². The summed E-state index contributed by atoms with van der Waals surface area (Å²) in [5, 5.41) is 3.44. The number of primary amides is 2. The fraction of sp³-hybridized carbons (Fsp3) is 0.467. The van der Waals surface area contributed by atoms with Crippen molar-refractivity contribution in [1.82, 2.24) is 5.32 Å². The lowest BCUT2D eigenvalue weighted by Crippen LogP contribution is -2.40. The lowest BCUT2D eigenvalue weighted by Gasteiger charge is -2.25. The molecule has 2 amide bonds. The summed E-state index contributed by atoms with van der Waals surface area (Å²) in [5.74, 6) is -0.976. The van der Waals surface area contributed by atoms with E-state index in [1.807, 2.05) is 19.1 Å². The molecular weight excluding hydrogens is 268 g/mol. The van der Waals surface area contributed by atoms with Gasteiger partial charge in [-0.25, -0.2) is 0 Å². The Hall–Kier alpha value is -2.08. The van der Waals surface area contributed by atoms with Gasteiger partial charge in [0.05, 0.1) is 13.1 Å². The Bertz CT molecular complexity index is 524. The van der Waals surface area contributed by atoms with Gasteiger partial charge in [0, 0.05) is 18.3 Å². The van der Waals surface area contributed by atoms with Crippen molar-refractivity contribution in [3.8, 4) is 0 Å². The maximum absolute atomic E-state index is 11.2. The zero-order valence-electron chi connectivity index (χ0n) is 12.3. The third kappa shape index (κ3) is 4.75. The number of hydrogen-bond donors (Lipinski definition) is 3. The zero-order valence-corrected chi connectivity index (χ0v) is 12.3. The van der Waals surface area contributed by atoms with Crippen LogP contribution in [-0.2, 0) is 16.1 Å². The van der Waals surface area contributed by atoms with Gasteiger partial charge in [-0.3, -0.25) is 9.59 Å². The Morgan fingerprint density at radius 2 is 1.86 bits per heavy atom. The third-order valence-electron chi connectivity index (χ3n) is 3.43. The SMILES string of the molecule is Cc1ccc(N(CC(N)=O)CC(N)=O)c(CNC2CC2)c1. The van der Waals surface area contributed by atoms with Crippen LogP contribution in [0.3, 0.4) is 0 Å². The standard InChI is InChI=1S/C15H22N4O2/c1-10-2-5-13(11(6-10)7-18-12-3-4-12)19(8-14(16)20)9-15(17)21/h2,5-6,12,18H,3-4,7-9H2,1H3,(H2,16,20)(H2,17,21). The van der Waals surface area contributed by atoms with Gasteiger partial charge in [0.2, 0.25) is 11.8 Å². The summed E-state index contributed by atoms with van der Waals surface area (Å²) in [6.07, 6.45) is 2.40. The van der Waals surface area contributed by atoms with E-state index in [4.69, 9.17) is 11.5 Å². The van der Waals surface area contributed by atoms with Crippen LogP contribution in [0.15, 0.2) is 18.2 Å². The molecule has 1 fully saturated rings. The number of benzene rings is 1. The van der Waals surface area contributed by atoms with E-state index >= 15 is 0 Å². The minimum Gasteiger partial charge on any atom is -0.368 e. The molecule has 1 aromatic rings. The highest BCUT2D eigenvalue weighted by Gasteiger charge is 2.21. The Morgan fingerprint density at radius 1 is 1.24 bits per heavy atom. The van der Waals surface area contributed by atoms with Crippen LogP contribution in [0.4, 0.5) is 5.69 Å². The number of nitrogens with one attached hydrogen (secondary N) is 1. The second-order valence-electron chi connectivity index (χ2n) is 5.58. The summed E-state index contributed by atoms with van der Waals surface area (Å²) < 4.78 is 0. The molecule has 0 spiro atoms. The van der Waals surface area contributed by atoms with E-state index in [0.717, 1.165) is 16.8 Å². The van der Waals surface area contributed by atoms with Gasteiger partial charge in [-0.05, 0) is 31.4 Å². The van der Waals surface area contributed by atoms with Crippen LogP contribution < -0.4 is 21.7 Å². The molecule has 1 aliphatic carbocycles. The van der Waals surface area contributed by atoms with Crippen LogP contribution in [0.5, 0.6) is 0 Å².